The van der Waals surface area contributed by atoms with Gasteiger partial charge in [0.25, 0.3) is 0 Å². The van der Waals surface area contributed by atoms with E-state index in [0.29, 0.717) is 41.5 Å². The van der Waals surface area contributed by atoms with Crippen LogP contribution in [0.4, 0.5) is 0 Å². The number of hydrogen-bond donors (Lipinski definition) is 1. The number of ether oxygens (including phenoxy) is 1. The molecule has 2 aromatic carbocycles. The fourth-order valence-electron chi connectivity index (χ4n) is 3.76. The normalized spacial score (nSPS) is 16.6. The molecule has 2 aromatic rings. The Hall–Kier alpha value is -1.80. The number of benzene rings is 2. The fourth-order valence-corrected chi connectivity index (χ4v) is 5.63. The van der Waals surface area contributed by atoms with E-state index in [1.807, 2.05) is 31.2 Å². The minimum absolute atomic E-state index is 0.0695. The van der Waals surface area contributed by atoms with Crippen molar-refractivity contribution in [2.45, 2.75) is 31.6 Å². The van der Waals surface area contributed by atoms with Crippen molar-refractivity contribution in [3.63, 3.8) is 0 Å². The lowest BCUT2D eigenvalue weighted by Crippen LogP contribution is -2.43. The Morgan fingerprint density at radius 3 is 2.48 bits per heavy atom. The van der Waals surface area contributed by atoms with Gasteiger partial charge in [0.2, 0.25) is 15.9 Å². The summed E-state index contributed by atoms with van der Waals surface area (Å²) < 4.78 is 32.4. The van der Waals surface area contributed by atoms with Crippen molar-refractivity contribution in [3.8, 4) is 5.75 Å². The minimum atomic E-state index is -3.51. The second kappa shape index (κ2) is 10.2. The van der Waals surface area contributed by atoms with Gasteiger partial charge in [0.05, 0.1) is 28.9 Å². The maximum absolute atomic E-state index is 12.8. The van der Waals surface area contributed by atoms with Gasteiger partial charge in [0.15, 0.2) is 0 Å². The Bertz CT molecular complexity index is 1040. The number of piperidine rings is 1. The third kappa shape index (κ3) is 5.92. The van der Waals surface area contributed by atoms with E-state index in [1.54, 1.807) is 25.3 Å². The van der Waals surface area contributed by atoms with Crippen LogP contribution in [-0.4, -0.2) is 38.8 Å². The summed E-state index contributed by atoms with van der Waals surface area (Å²) in [6.45, 7) is 2.53. The number of nitrogens with one attached hydrogen (secondary N) is 1. The quantitative estimate of drug-likeness (QED) is 0.630. The highest BCUT2D eigenvalue weighted by atomic mass is 35.5. The smallest absolute Gasteiger partial charge is 0.223 e. The molecule has 1 N–H and O–H groups in total. The molecule has 1 atom stereocenters. The molecule has 9 heteroatoms. The van der Waals surface area contributed by atoms with Gasteiger partial charge in [-0.15, -0.1) is 0 Å². The number of para-hydroxylation sites is 1. The monoisotopic (exact) mass is 484 g/mol. The van der Waals surface area contributed by atoms with Gasteiger partial charge in [-0.1, -0.05) is 47.5 Å². The van der Waals surface area contributed by atoms with Crippen LogP contribution in [0.3, 0.4) is 0 Å². The Labute approximate surface area is 193 Å². The molecular weight excluding hydrogens is 459 g/mol. The van der Waals surface area contributed by atoms with E-state index in [9.17, 15) is 13.2 Å². The van der Waals surface area contributed by atoms with Crippen molar-refractivity contribution in [2.75, 3.05) is 20.2 Å². The number of amides is 1. The molecule has 0 radical (unpaired) electrons. The average Bonchev–Trinajstić information content (AvgIpc) is 2.76. The van der Waals surface area contributed by atoms with Crippen LogP contribution < -0.4 is 10.1 Å². The lowest BCUT2D eigenvalue weighted by molar-refractivity contribution is -0.126. The summed E-state index contributed by atoms with van der Waals surface area (Å²) in [7, 11) is -1.91. The fraction of sp³-hybridized carbons (Fsp3) is 0.409. The zero-order valence-corrected chi connectivity index (χ0v) is 19.8. The molecule has 0 aromatic heterocycles. The number of hydrogen-bond acceptors (Lipinski definition) is 4. The van der Waals surface area contributed by atoms with Gasteiger partial charge in [0, 0.05) is 24.6 Å². The van der Waals surface area contributed by atoms with Gasteiger partial charge in [-0.3, -0.25) is 4.79 Å². The molecule has 1 aliphatic heterocycles. The van der Waals surface area contributed by atoms with E-state index >= 15 is 0 Å². The molecule has 31 heavy (non-hydrogen) atoms. The first kappa shape index (κ1) is 23.9. The van der Waals surface area contributed by atoms with Gasteiger partial charge in [0.1, 0.15) is 5.75 Å². The molecule has 1 heterocycles. The zero-order valence-electron chi connectivity index (χ0n) is 17.5. The maximum atomic E-state index is 12.8. The standard InChI is InChI=1S/C22H26Cl2N2O4S/c1-15(18-5-3-4-6-21(18)30-2)25-22(27)17-9-11-26(12-10-17)31(28,29)14-16-7-8-19(23)20(24)13-16/h3-8,13,15,17H,9-12,14H2,1-2H3,(H,25,27). The van der Waals surface area contributed by atoms with E-state index in [-0.39, 0.29) is 23.6 Å². The molecule has 6 nitrogen and oxygen atoms in total. The molecule has 1 unspecified atom stereocenters. The molecule has 0 saturated carbocycles. The Kier molecular flexibility index (Phi) is 7.86. The average molecular weight is 485 g/mol. The van der Waals surface area contributed by atoms with E-state index < -0.39 is 10.0 Å². The second-order valence-corrected chi connectivity index (χ2v) is 10.4. The summed E-state index contributed by atoms with van der Waals surface area (Å²) in [6.07, 6.45) is 0.955. The number of carbonyl (C=O) groups excluding carboxylic acids is 1. The molecule has 0 aliphatic carbocycles. The van der Waals surface area contributed by atoms with E-state index in [1.165, 1.54) is 4.31 Å². The first-order valence-electron chi connectivity index (χ1n) is 10.1. The van der Waals surface area contributed by atoms with Crippen LogP contribution in [-0.2, 0) is 20.6 Å². The number of halogens is 2. The van der Waals surface area contributed by atoms with Crippen LogP contribution in [0.1, 0.15) is 36.9 Å². The predicted octanol–water partition coefficient (Wildman–Crippen LogP) is 4.42. The summed E-state index contributed by atoms with van der Waals surface area (Å²) in [5.41, 5.74) is 1.49. The third-order valence-corrected chi connectivity index (χ3v) is 8.10. The van der Waals surface area contributed by atoms with Crippen LogP contribution in [0.25, 0.3) is 0 Å². The number of rotatable bonds is 7. The van der Waals surface area contributed by atoms with E-state index in [4.69, 9.17) is 27.9 Å². The van der Waals surface area contributed by atoms with Gasteiger partial charge < -0.3 is 10.1 Å². The summed E-state index contributed by atoms with van der Waals surface area (Å²) in [6, 6.07) is 12.2. The molecule has 3 rings (SSSR count). The Morgan fingerprint density at radius 2 is 1.84 bits per heavy atom. The molecular formula is C22H26Cl2N2O4S. The van der Waals surface area contributed by atoms with Crippen LogP contribution in [0.2, 0.25) is 10.0 Å². The van der Waals surface area contributed by atoms with Crippen LogP contribution >= 0.6 is 23.2 Å². The first-order valence-corrected chi connectivity index (χ1v) is 12.4. The SMILES string of the molecule is COc1ccccc1C(C)NC(=O)C1CCN(S(=O)(=O)Cc2ccc(Cl)c(Cl)c2)CC1. The maximum Gasteiger partial charge on any atom is 0.223 e. The van der Waals surface area contributed by atoms with E-state index in [2.05, 4.69) is 5.32 Å². The molecule has 168 valence electrons. The van der Waals surface area contributed by atoms with Crippen molar-refractivity contribution >= 4 is 39.1 Å². The number of sulfonamides is 1. The molecule has 0 bridgehead atoms. The predicted molar refractivity (Wildman–Crippen MR) is 123 cm³/mol. The molecule has 1 aliphatic rings. The van der Waals surface area contributed by atoms with Gasteiger partial charge >= 0.3 is 0 Å². The van der Waals surface area contributed by atoms with Crippen LogP contribution in [0, 0.1) is 5.92 Å². The summed E-state index contributed by atoms with van der Waals surface area (Å²) in [5, 5.41) is 3.75. The third-order valence-electron chi connectivity index (χ3n) is 5.52. The van der Waals surface area contributed by atoms with Crippen LogP contribution in [0.5, 0.6) is 5.75 Å². The summed E-state index contributed by atoms with van der Waals surface area (Å²) in [4.78, 5) is 12.8. The van der Waals surface area contributed by atoms with Crippen molar-refractivity contribution in [1.82, 2.24) is 9.62 Å². The number of carbonyl (C=O) groups is 1. The summed E-state index contributed by atoms with van der Waals surface area (Å²) >= 11 is 11.9. The highest BCUT2D eigenvalue weighted by Crippen LogP contribution is 2.28. The molecule has 0 spiro atoms. The Balaban J connectivity index is 1.56. The van der Waals surface area contributed by atoms with Crippen molar-refractivity contribution in [3.05, 3.63) is 63.6 Å². The summed E-state index contributed by atoms with van der Waals surface area (Å²) in [5.74, 6) is 0.276. The van der Waals surface area contributed by atoms with Crippen molar-refractivity contribution in [1.29, 1.82) is 0 Å². The minimum Gasteiger partial charge on any atom is -0.496 e. The van der Waals surface area contributed by atoms with Gasteiger partial charge in [-0.05, 0) is 43.5 Å². The molecule has 1 saturated heterocycles. The van der Waals surface area contributed by atoms with Crippen molar-refractivity contribution < 1.29 is 17.9 Å². The molecule has 1 fully saturated rings. The number of nitrogens with zero attached hydrogens (tertiary/aromatic N) is 1. The largest absolute Gasteiger partial charge is 0.496 e. The highest BCUT2D eigenvalue weighted by Gasteiger charge is 2.32. The first-order chi connectivity index (χ1) is 14.7. The Morgan fingerprint density at radius 1 is 1.16 bits per heavy atom. The van der Waals surface area contributed by atoms with Gasteiger partial charge in [-0.2, -0.15) is 0 Å². The lowest BCUT2D eigenvalue weighted by atomic mass is 9.96. The topological polar surface area (TPSA) is 75.7 Å². The lowest BCUT2D eigenvalue weighted by Gasteiger charge is -2.31. The molecule has 1 amide bonds. The zero-order chi connectivity index (χ0) is 22.6. The number of methoxy groups -OCH3 is 1. The van der Waals surface area contributed by atoms with Crippen molar-refractivity contribution in [2.24, 2.45) is 5.92 Å². The van der Waals surface area contributed by atoms with E-state index in [0.717, 1.165) is 11.3 Å². The highest BCUT2D eigenvalue weighted by molar-refractivity contribution is 7.88. The second-order valence-electron chi connectivity index (χ2n) is 7.65. The van der Waals surface area contributed by atoms with Gasteiger partial charge in [-0.25, -0.2) is 12.7 Å². The van der Waals surface area contributed by atoms with Crippen LogP contribution in [0.15, 0.2) is 42.5 Å².